The maximum atomic E-state index is 11.9. The molecule has 0 spiro atoms. The van der Waals surface area contributed by atoms with Crippen LogP contribution in [0.25, 0.3) is 0 Å². The lowest BCUT2D eigenvalue weighted by Crippen LogP contribution is -2.31. The highest BCUT2D eigenvalue weighted by atomic mass is 16.5. The first-order chi connectivity index (χ1) is 8.67. The first kappa shape index (κ1) is 14.7. The molecule has 0 bridgehead atoms. The van der Waals surface area contributed by atoms with E-state index in [1.807, 2.05) is 31.2 Å². The molecule has 1 rings (SSSR count). The zero-order valence-electron chi connectivity index (χ0n) is 11.2. The fourth-order valence-electron chi connectivity index (χ4n) is 1.57. The third-order valence-corrected chi connectivity index (χ3v) is 2.81. The van der Waals surface area contributed by atoms with E-state index in [1.165, 1.54) is 0 Å². The number of likely N-dealkylation sites (N-methyl/N-ethyl adjacent to an activating group) is 1. The van der Waals surface area contributed by atoms with Crippen LogP contribution >= 0.6 is 0 Å². The number of carbonyl (C=O) groups is 1. The summed E-state index contributed by atoms with van der Waals surface area (Å²) >= 11 is 0. The molecule has 0 aromatic heterocycles. The molecule has 4 heteroatoms. The predicted octanol–water partition coefficient (Wildman–Crippen LogP) is 1.18. The molecule has 0 radical (unpaired) electrons. The number of nitrogens with zero attached hydrogens (tertiary/aromatic N) is 1. The Morgan fingerprint density at radius 1 is 1.28 bits per heavy atom. The SMILES string of the molecule is CCOCCN(C)C(=O)Cc1ccc(CN)cc1. The number of rotatable bonds is 7. The van der Waals surface area contributed by atoms with Crippen LogP contribution in [0.2, 0.25) is 0 Å². The van der Waals surface area contributed by atoms with E-state index in [0.29, 0.717) is 32.7 Å². The van der Waals surface area contributed by atoms with E-state index in [1.54, 1.807) is 11.9 Å². The third kappa shape index (κ3) is 4.85. The fraction of sp³-hybridized carbons (Fsp3) is 0.500. The van der Waals surface area contributed by atoms with Crippen LogP contribution in [0, 0.1) is 0 Å². The summed E-state index contributed by atoms with van der Waals surface area (Å²) in [6.45, 7) is 4.38. The Bertz CT molecular complexity index is 363. The topological polar surface area (TPSA) is 55.6 Å². The lowest BCUT2D eigenvalue weighted by atomic mass is 10.1. The van der Waals surface area contributed by atoms with Crippen molar-refractivity contribution in [3.8, 4) is 0 Å². The molecule has 0 heterocycles. The van der Waals surface area contributed by atoms with Gasteiger partial charge >= 0.3 is 0 Å². The molecule has 0 aliphatic rings. The van der Waals surface area contributed by atoms with Gasteiger partial charge < -0.3 is 15.4 Å². The van der Waals surface area contributed by atoms with Gasteiger partial charge in [-0.25, -0.2) is 0 Å². The number of carbonyl (C=O) groups excluding carboxylic acids is 1. The van der Waals surface area contributed by atoms with E-state index >= 15 is 0 Å². The average Bonchev–Trinajstić information content (AvgIpc) is 2.39. The van der Waals surface area contributed by atoms with Gasteiger partial charge in [0.2, 0.25) is 5.91 Å². The average molecular weight is 250 g/mol. The van der Waals surface area contributed by atoms with Crippen molar-refractivity contribution in [1.82, 2.24) is 4.90 Å². The molecule has 1 aromatic carbocycles. The van der Waals surface area contributed by atoms with Gasteiger partial charge in [0.1, 0.15) is 0 Å². The standard InChI is InChI=1S/C14H22N2O2/c1-3-18-9-8-16(2)14(17)10-12-4-6-13(11-15)7-5-12/h4-7H,3,8-11,15H2,1-2H3. The Hall–Kier alpha value is -1.39. The van der Waals surface area contributed by atoms with Crippen molar-refractivity contribution in [2.75, 3.05) is 26.8 Å². The molecule has 0 aliphatic carbocycles. The summed E-state index contributed by atoms with van der Waals surface area (Å²) in [7, 11) is 1.80. The van der Waals surface area contributed by atoms with Crippen LogP contribution < -0.4 is 5.73 Å². The second kappa shape index (κ2) is 7.84. The molecule has 0 aliphatic heterocycles. The summed E-state index contributed by atoms with van der Waals surface area (Å²) in [6, 6.07) is 7.83. The number of benzene rings is 1. The Balaban J connectivity index is 2.42. The van der Waals surface area contributed by atoms with Crippen molar-refractivity contribution in [2.24, 2.45) is 5.73 Å². The van der Waals surface area contributed by atoms with Crippen LogP contribution in [-0.4, -0.2) is 37.6 Å². The van der Waals surface area contributed by atoms with Crippen molar-refractivity contribution in [1.29, 1.82) is 0 Å². The maximum Gasteiger partial charge on any atom is 0.226 e. The zero-order chi connectivity index (χ0) is 13.4. The molecular formula is C14H22N2O2. The van der Waals surface area contributed by atoms with E-state index in [9.17, 15) is 4.79 Å². The predicted molar refractivity (Wildman–Crippen MR) is 72.2 cm³/mol. The number of hydrogen-bond donors (Lipinski definition) is 1. The van der Waals surface area contributed by atoms with E-state index in [0.717, 1.165) is 11.1 Å². The molecule has 2 N–H and O–H groups in total. The molecule has 0 atom stereocenters. The highest BCUT2D eigenvalue weighted by Gasteiger charge is 2.09. The molecule has 4 nitrogen and oxygen atoms in total. The molecule has 1 aromatic rings. The lowest BCUT2D eigenvalue weighted by molar-refractivity contribution is -0.129. The Morgan fingerprint density at radius 3 is 2.44 bits per heavy atom. The number of amides is 1. The smallest absolute Gasteiger partial charge is 0.226 e. The monoisotopic (exact) mass is 250 g/mol. The molecule has 0 saturated carbocycles. The first-order valence-electron chi connectivity index (χ1n) is 6.27. The lowest BCUT2D eigenvalue weighted by Gasteiger charge is -2.17. The van der Waals surface area contributed by atoms with Gasteiger partial charge in [-0.1, -0.05) is 24.3 Å². The number of ether oxygens (including phenoxy) is 1. The second-order valence-electron chi connectivity index (χ2n) is 4.21. The molecule has 100 valence electrons. The van der Waals surface area contributed by atoms with Gasteiger partial charge in [0.05, 0.1) is 13.0 Å². The van der Waals surface area contributed by atoms with Gasteiger partial charge in [-0.05, 0) is 18.1 Å². The Morgan fingerprint density at radius 2 is 1.89 bits per heavy atom. The van der Waals surface area contributed by atoms with E-state index in [2.05, 4.69) is 0 Å². The summed E-state index contributed by atoms with van der Waals surface area (Å²) in [5.74, 6) is 0.107. The summed E-state index contributed by atoms with van der Waals surface area (Å²) in [5.41, 5.74) is 7.62. The van der Waals surface area contributed by atoms with E-state index < -0.39 is 0 Å². The normalized spacial score (nSPS) is 10.4. The molecule has 0 fully saturated rings. The maximum absolute atomic E-state index is 11.9. The van der Waals surface area contributed by atoms with Crippen molar-refractivity contribution in [3.63, 3.8) is 0 Å². The first-order valence-corrected chi connectivity index (χ1v) is 6.27. The second-order valence-corrected chi connectivity index (χ2v) is 4.21. The highest BCUT2D eigenvalue weighted by molar-refractivity contribution is 5.78. The largest absolute Gasteiger partial charge is 0.380 e. The number of nitrogens with two attached hydrogens (primary N) is 1. The van der Waals surface area contributed by atoms with Crippen molar-refractivity contribution < 1.29 is 9.53 Å². The quantitative estimate of drug-likeness (QED) is 0.739. The molecule has 18 heavy (non-hydrogen) atoms. The van der Waals surface area contributed by atoms with Crippen LogP contribution in [0.1, 0.15) is 18.1 Å². The van der Waals surface area contributed by atoms with E-state index in [4.69, 9.17) is 10.5 Å². The minimum atomic E-state index is 0.107. The van der Waals surface area contributed by atoms with Crippen molar-refractivity contribution in [2.45, 2.75) is 19.9 Å². The molecule has 0 saturated heterocycles. The molecular weight excluding hydrogens is 228 g/mol. The number of hydrogen-bond acceptors (Lipinski definition) is 3. The van der Waals surface area contributed by atoms with Gasteiger partial charge in [-0.3, -0.25) is 4.79 Å². The van der Waals surface area contributed by atoms with Crippen molar-refractivity contribution >= 4 is 5.91 Å². The van der Waals surface area contributed by atoms with Gasteiger partial charge in [0.25, 0.3) is 0 Å². The minimum Gasteiger partial charge on any atom is -0.380 e. The van der Waals surface area contributed by atoms with Crippen LogP contribution in [0.15, 0.2) is 24.3 Å². The van der Waals surface area contributed by atoms with Crippen molar-refractivity contribution in [3.05, 3.63) is 35.4 Å². The van der Waals surface area contributed by atoms with Gasteiger partial charge in [-0.2, -0.15) is 0 Å². The van der Waals surface area contributed by atoms with Crippen LogP contribution in [0.3, 0.4) is 0 Å². The highest BCUT2D eigenvalue weighted by Crippen LogP contribution is 2.05. The summed E-state index contributed by atoms with van der Waals surface area (Å²) in [5, 5.41) is 0. The third-order valence-electron chi connectivity index (χ3n) is 2.81. The summed E-state index contributed by atoms with van der Waals surface area (Å²) in [6.07, 6.45) is 0.424. The molecule has 0 unspecified atom stereocenters. The summed E-state index contributed by atoms with van der Waals surface area (Å²) in [4.78, 5) is 13.6. The van der Waals surface area contributed by atoms with Crippen LogP contribution in [0.4, 0.5) is 0 Å². The fourth-order valence-corrected chi connectivity index (χ4v) is 1.57. The van der Waals surface area contributed by atoms with E-state index in [-0.39, 0.29) is 5.91 Å². The van der Waals surface area contributed by atoms with Crippen LogP contribution in [-0.2, 0) is 22.5 Å². The van der Waals surface area contributed by atoms with Gasteiger partial charge in [0, 0.05) is 26.7 Å². The van der Waals surface area contributed by atoms with Gasteiger partial charge in [0.15, 0.2) is 0 Å². The Labute approximate surface area is 109 Å². The van der Waals surface area contributed by atoms with Crippen LogP contribution in [0.5, 0.6) is 0 Å². The summed E-state index contributed by atoms with van der Waals surface area (Å²) < 4.78 is 5.23. The molecule has 1 amide bonds. The Kier molecular flexibility index (Phi) is 6.39. The zero-order valence-corrected chi connectivity index (χ0v) is 11.2. The van der Waals surface area contributed by atoms with Gasteiger partial charge in [-0.15, -0.1) is 0 Å². The minimum absolute atomic E-state index is 0.107.